The summed E-state index contributed by atoms with van der Waals surface area (Å²) >= 11 is 0. The Labute approximate surface area is 156 Å². The molecule has 0 aromatic heterocycles. The Morgan fingerprint density at radius 3 is 2.12 bits per heavy atom. The van der Waals surface area contributed by atoms with E-state index in [4.69, 9.17) is 9.47 Å². The van der Waals surface area contributed by atoms with Crippen molar-refractivity contribution in [2.75, 3.05) is 19.5 Å². The normalized spacial score (nSPS) is 11.9. The second-order valence-electron chi connectivity index (χ2n) is 6.88. The van der Waals surface area contributed by atoms with Crippen LogP contribution in [0, 0.1) is 0 Å². The van der Waals surface area contributed by atoms with Gasteiger partial charge in [0.1, 0.15) is 0 Å². The van der Waals surface area contributed by atoms with Crippen LogP contribution in [-0.2, 0) is 4.79 Å². The molecule has 0 spiro atoms. The zero-order valence-corrected chi connectivity index (χ0v) is 16.3. The van der Waals surface area contributed by atoms with Crippen molar-refractivity contribution in [3.05, 3.63) is 53.6 Å². The highest BCUT2D eigenvalue weighted by Crippen LogP contribution is 2.32. The van der Waals surface area contributed by atoms with Crippen LogP contribution in [0.25, 0.3) is 0 Å². The summed E-state index contributed by atoms with van der Waals surface area (Å²) in [6, 6.07) is 14.0. The van der Waals surface area contributed by atoms with Crippen LogP contribution in [0.15, 0.2) is 42.5 Å². The molecule has 0 fully saturated rings. The summed E-state index contributed by atoms with van der Waals surface area (Å²) < 4.78 is 10.6. The minimum Gasteiger partial charge on any atom is -0.493 e. The van der Waals surface area contributed by atoms with E-state index >= 15 is 0 Å². The molecule has 0 saturated heterocycles. The SMILES string of the molecule is COc1ccc(C(C)CCC(=O)Nc2ccc(C(C)C)cc2)cc1OC. The number of nitrogens with one attached hydrogen (secondary N) is 1. The van der Waals surface area contributed by atoms with Crippen molar-refractivity contribution in [1.82, 2.24) is 0 Å². The first kappa shape index (κ1) is 19.8. The molecule has 2 aromatic carbocycles. The number of carbonyl (C=O) groups is 1. The van der Waals surface area contributed by atoms with Gasteiger partial charge < -0.3 is 14.8 Å². The number of hydrogen-bond acceptors (Lipinski definition) is 3. The van der Waals surface area contributed by atoms with Gasteiger partial charge in [0.25, 0.3) is 0 Å². The number of rotatable bonds is 8. The summed E-state index contributed by atoms with van der Waals surface area (Å²) in [6.45, 7) is 6.43. The third kappa shape index (κ3) is 5.25. The van der Waals surface area contributed by atoms with Crippen LogP contribution < -0.4 is 14.8 Å². The van der Waals surface area contributed by atoms with Crippen molar-refractivity contribution >= 4 is 11.6 Å². The minimum absolute atomic E-state index is 0.0367. The lowest BCUT2D eigenvalue weighted by Crippen LogP contribution is -2.12. The fourth-order valence-corrected chi connectivity index (χ4v) is 2.85. The van der Waals surface area contributed by atoms with Gasteiger partial charge in [-0.15, -0.1) is 0 Å². The Morgan fingerprint density at radius 2 is 1.54 bits per heavy atom. The first-order valence-corrected chi connectivity index (χ1v) is 9.06. The lowest BCUT2D eigenvalue weighted by atomic mass is 9.95. The fraction of sp³-hybridized carbons (Fsp3) is 0.409. The number of amides is 1. The second-order valence-corrected chi connectivity index (χ2v) is 6.88. The molecule has 26 heavy (non-hydrogen) atoms. The Kier molecular flexibility index (Phi) is 7.07. The van der Waals surface area contributed by atoms with Gasteiger partial charge in [-0.3, -0.25) is 4.79 Å². The predicted octanol–water partition coefficient (Wildman–Crippen LogP) is 5.35. The minimum atomic E-state index is 0.0367. The Balaban J connectivity index is 1.90. The van der Waals surface area contributed by atoms with E-state index in [9.17, 15) is 4.79 Å². The second kappa shape index (κ2) is 9.27. The van der Waals surface area contributed by atoms with E-state index in [1.807, 2.05) is 30.3 Å². The molecule has 1 unspecified atom stereocenters. The molecule has 0 aliphatic heterocycles. The number of hydrogen-bond donors (Lipinski definition) is 1. The molecule has 0 radical (unpaired) electrons. The molecule has 140 valence electrons. The molecule has 0 aliphatic carbocycles. The molecule has 1 N–H and O–H groups in total. The number of methoxy groups -OCH3 is 2. The molecule has 0 saturated carbocycles. The number of benzene rings is 2. The van der Waals surface area contributed by atoms with Crippen molar-refractivity contribution in [1.29, 1.82) is 0 Å². The highest BCUT2D eigenvalue weighted by atomic mass is 16.5. The van der Waals surface area contributed by atoms with Crippen LogP contribution in [-0.4, -0.2) is 20.1 Å². The lowest BCUT2D eigenvalue weighted by molar-refractivity contribution is -0.116. The average Bonchev–Trinajstić information content (AvgIpc) is 2.65. The summed E-state index contributed by atoms with van der Waals surface area (Å²) in [7, 11) is 3.25. The smallest absolute Gasteiger partial charge is 0.224 e. The van der Waals surface area contributed by atoms with Gasteiger partial charge in [0.15, 0.2) is 11.5 Å². The summed E-state index contributed by atoms with van der Waals surface area (Å²) in [6.07, 6.45) is 1.24. The molecule has 2 rings (SSSR count). The maximum absolute atomic E-state index is 12.2. The highest BCUT2D eigenvalue weighted by Gasteiger charge is 2.12. The largest absolute Gasteiger partial charge is 0.493 e. The van der Waals surface area contributed by atoms with Gasteiger partial charge in [0, 0.05) is 12.1 Å². The summed E-state index contributed by atoms with van der Waals surface area (Å²) in [5, 5.41) is 2.97. The van der Waals surface area contributed by atoms with Crippen LogP contribution in [0.2, 0.25) is 0 Å². The maximum atomic E-state index is 12.2. The quantitative estimate of drug-likeness (QED) is 0.694. The van der Waals surface area contributed by atoms with Gasteiger partial charge >= 0.3 is 0 Å². The number of ether oxygens (including phenoxy) is 2. The van der Waals surface area contributed by atoms with Crippen molar-refractivity contribution < 1.29 is 14.3 Å². The standard InChI is InChI=1S/C22H29NO3/c1-15(2)17-7-10-19(11-8-17)23-22(24)13-6-16(3)18-9-12-20(25-4)21(14-18)26-5/h7-12,14-16H,6,13H2,1-5H3,(H,23,24). The van der Waals surface area contributed by atoms with Crippen molar-refractivity contribution in [3.63, 3.8) is 0 Å². The van der Waals surface area contributed by atoms with Crippen LogP contribution in [0.4, 0.5) is 5.69 Å². The lowest BCUT2D eigenvalue weighted by Gasteiger charge is -2.15. The van der Waals surface area contributed by atoms with E-state index in [0.717, 1.165) is 17.7 Å². The Morgan fingerprint density at radius 1 is 0.923 bits per heavy atom. The van der Waals surface area contributed by atoms with Gasteiger partial charge in [-0.25, -0.2) is 0 Å². The molecule has 4 nitrogen and oxygen atoms in total. The zero-order chi connectivity index (χ0) is 19.1. The van der Waals surface area contributed by atoms with E-state index in [-0.39, 0.29) is 11.8 Å². The van der Waals surface area contributed by atoms with Crippen LogP contribution in [0.3, 0.4) is 0 Å². The van der Waals surface area contributed by atoms with E-state index in [2.05, 4.69) is 38.2 Å². The Hall–Kier alpha value is -2.49. The van der Waals surface area contributed by atoms with Crippen LogP contribution in [0.1, 0.15) is 56.6 Å². The molecule has 2 aromatic rings. The fourth-order valence-electron chi connectivity index (χ4n) is 2.85. The monoisotopic (exact) mass is 355 g/mol. The van der Waals surface area contributed by atoms with Gasteiger partial charge in [0.2, 0.25) is 5.91 Å². The van der Waals surface area contributed by atoms with Crippen molar-refractivity contribution in [2.45, 2.75) is 45.4 Å². The summed E-state index contributed by atoms with van der Waals surface area (Å²) in [5.74, 6) is 2.21. The summed E-state index contributed by atoms with van der Waals surface area (Å²) in [4.78, 5) is 12.2. The van der Waals surface area contributed by atoms with E-state index in [0.29, 0.717) is 23.8 Å². The van der Waals surface area contributed by atoms with E-state index in [1.165, 1.54) is 5.56 Å². The highest BCUT2D eigenvalue weighted by molar-refractivity contribution is 5.90. The third-order valence-corrected chi connectivity index (χ3v) is 4.64. The van der Waals surface area contributed by atoms with Gasteiger partial charge in [0.05, 0.1) is 14.2 Å². The van der Waals surface area contributed by atoms with Gasteiger partial charge in [-0.05, 0) is 53.6 Å². The molecular formula is C22H29NO3. The molecule has 0 aliphatic rings. The summed E-state index contributed by atoms with van der Waals surface area (Å²) in [5.41, 5.74) is 3.25. The van der Waals surface area contributed by atoms with Crippen molar-refractivity contribution in [2.24, 2.45) is 0 Å². The number of anilines is 1. The zero-order valence-electron chi connectivity index (χ0n) is 16.3. The first-order valence-electron chi connectivity index (χ1n) is 9.06. The maximum Gasteiger partial charge on any atom is 0.224 e. The van der Waals surface area contributed by atoms with Crippen molar-refractivity contribution in [3.8, 4) is 11.5 Å². The molecule has 0 bridgehead atoms. The molecule has 0 heterocycles. The Bertz CT molecular complexity index is 723. The van der Waals surface area contributed by atoms with Crippen LogP contribution in [0.5, 0.6) is 11.5 Å². The molecular weight excluding hydrogens is 326 g/mol. The molecule has 1 atom stereocenters. The first-order chi connectivity index (χ1) is 12.4. The van der Waals surface area contributed by atoms with Crippen LogP contribution >= 0.6 is 0 Å². The van der Waals surface area contributed by atoms with Gasteiger partial charge in [-0.2, -0.15) is 0 Å². The third-order valence-electron chi connectivity index (χ3n) is 4.64. The molecule has 1 amide bonds. The van der Waals surface area contributed by atoms with Gasteiger partial charge in [-0.1, -0.05) is 39.0 Å². The van der Waals surface area contributed by atoms with E-state index in [1.54, 1.807) is 14.2 Å². The van der Waals surface area contributed by atoms with E-state index < -0.39 is 0 Å². The topological polar surface area (TPSA) is 47.6 Å². The molecule has 4 heteroatoms. The predicted molar refractivity (Wildman–Crippen MR) is 106 cm³/mol. The number of carbonyl (C=O) groups excluding carboxylic acids is 1. The average molecular weight is 355 g/mol.